The third-order valence-corrected chi connectivity index (χ3v) is 7.62. The summed E-state index contributed by atoms with van der Waals surface area (Å²) >= 11 is 0. The number of aromatic nitrogens is 9. The van der Waals surface area contributed by atoms with E-state index >= 15 is 0 Å². The first-order valence-corrected chi connectivity index (χ1v) is 14.8. The highest BCUT2D eigenvalue weighted by atomic mass is 16.6. The molecule has 2 unspecified atom stereocenters. The molecular weight excluding hydrogens is 694 g/mol. The van der Waals surface area contributed by atoms with Crippen LogP contribution in [0, 0.1) is 0 Å². The molecule has 51 heavy (non-hydrogen) atoms. The fourth-order valence-corrected chi connectivity index (χ4v) is 4.95. The number of carbonyl (C=O) groups excluding carboxylic acids is 3. The molecule has 6 heterocycles. The summed E-state index contributed by atoms with van der Waals surface area (Å²) in [7, 11) is 0. The minimum Gasteiger partial charge on any atom is -0.394 e. The van der Waals surface area contributed by atoms with Gasteiger partial charge in [-0.15, -0.1) is 15.3 Å². The Morgan fingerprint density at radius 1 is 0.745 bits per heavy atom. The van der Waals surface area contributed by atoms with Crippen LogP contribution < -0.4 is 22.9 Å². The fraction of sp³-hybridized carbons (Fsp3) is 0.625. The number of hydrogen-bond donors (Lipinski definition) is 12. The van der Waals surface area contributed by atoms with Crippen LogP contribution in [0.1, 0.15) is 56.7 Å². The van der Waals surface area contributed by atoms with Crippen molar-refractivity contribution in [3.63, 3.8) is 0 Å². The Morgan fingerprint density at radius 2 is 1.33 bits per heavy atom. The third-order valence-electron chi connectivity index (χ3n) is 7.62. The lowest BCUT2D eigenvalue weighted by Crippen LogP contribution is -2.33. The van der Waals surface area contributed by atoms with Crippen LogP contribution in [0.2, 0.25) is 0 Å². The number of carbonyl (C=O) groups is 3. The minimum absolute atomic E-state index is 0.0693. The monoisotopic (exact) mass is 731 g/mol. The molecule has 0 radical (unpaired) electrons. The quantitative estimate of drug-likeness (QED) is 0.0971. The van der Waals surface area contributed by atoms with E-state index in [4.69, 9.17) is 52.5 Å². The molecule has 0 aromatic carbocycles. The number of rotatable bonds is 9. The molecule has 11 atom stereocenters. The predicted molar refractivity (Wildman–Crippen MR) is 158 cm³/mol. The zero-order valence-electron chi connectivity index (χ0n) is 26.2. The van der Waals surface area contributed by atoms with Gasteiger partial charge in [0.2, 0.25) is 5.82 Å². The molecule has 3 saturated heterocycles. The zero-order valence-corrected chi connectivity index (χ0v) is 26.2. The van der Waals surface area contributed by atoms with E-state index in [9.17, 15) is 39.9 Å². The number of amides is 3. The molecule has 0 aliphatic carbocycles. The minimum atomic E-state index is -1.27. The second-order valence-corrected chi connectivity index (χ2v) is 11.1. The van der Waals surface area contributed by atoms with E-state index in [-0.39, 0.29) is 36.1 Å². The first-order chi connectivity index (χ1) is 24.1. The van der Waals surface area contributed by atoms with Crippen molar-refractivity contribution in [3.05, 3.63) is 29.7 Å². The number of primary amides is 3. The van der Waals surface area contributed by atoms with Gasteiger partial charge in [0, 0.05) is 6.42 Å². The Morgan fingerprint density at radius 3 is 1.75 bits per heavy atom. The summed E-state index contributed by atoms with van der Waals surface area (Å²) < 4.78 is 18.9. The summed E-state index contributed by atoms with van der Waals surface area (Å²) in [6.45, 7) is -1.09. The Balaban J connectivity index is 0.000000172. The van der Waals surface area contributed by atoms with Gasteiger partial charge < -0.3 is 78.0 Å². The molecule has 3 aliphatic rings. The molecule has 3 aliphatic heterocycles. The Labute approximate surface area is 284 Å². The summed E-state index contributed by atoms with van der Waals surface area (Å²) in [6, 6.07) is 0. The Hall–Kier alpha value is -4.81. The van der Waals surface area contributed by atoms with Crippen molar-refractivity contribution in [3.8, 4) is 0 Å². The number of nitrogen functional groups attached to an aromatic ring is 1. The maximum atomic E-state index is 10.9. The van der Waals surface area contributed by atoms with Crippen LogP contribution in [0.3, 0.4) is 0 Å². The van der Waals surface area contributed by atoms with E-state index in [1.807, 2.05) is 0 Å². The van der Waals surface area contributed by atoms with Crippen molar-refractivity contribution in [1.82, 2.24) is 44.8 Å². The van der Waals surface area contributed by atoms with Crippen molar-refractivity contribution >= 4 is 23.5 Å². The summed E-state index contributed by atoms with van der Waals surface area (Å²) in [5.74, 6) is -2.67. The fourth-order valence-electron chi connectivity index (χ4n) is 4.95. The molecule has 16 N–H and O–H groups in total. The van der Waals surface area contributed by atoms with Gasteiger partial charge in [0.15, 0.2) is 35.9 Å². The number of anilines is 1. The first-order valence-electron chi connectivity index (χ1n) is 14.8. The van der Waals surface area contributed by atoms with E-state index < -0.39 is 98.5 Å². The summed E-state index contributed by atoms with van der Waals surface area (Å²) in [6.07, 6.45) is -8.46. The standard InChI is InChI=1S/C8H13N5O4.2C8H12N4O5/c9-6-5(7(10)16)11-12-13(6)8-4(15)1-3(2-14)17-8;9-6(16)7-10-2-12(11-7)8-5(15)4(14)3(1-13)17-8;9-7(16)3-1-12(11-10-3)8-6(15)5(14)4(2-13)17-8/h3-4,8,14-15H,1-2,9H2,(H2,10,16);2-5,8,13-15H,1H2,(H2,9,16);1,4-6,8,13-15H,2H2,(H2,9,16)/t3-,4-,8+;3-,4?,5+,8-;4-,5?,6+,8-/m011/s1. The van der Waals surface area contributed by atoms with Crippen molar-refractivity contribution in [2.24, 2.45) is 17.2 Å². The molecule has 3 aromatic rings. The largest absolute Gasteiger partial charge is 0.394 e. The molecule has 0 spiro atoms. The number of ether oxygens (including phenoxy) is 3. The molecule has 6 rings (SSSR count). The van der Waals surface area contributed by atoms with Gasteiger partial charge in [0.05, 0.1) is 32.1 Å². The molecule has 27 nitrogen and oxygen atoms in total. The average molecular weight is 732 g/mol. The van der Waals surface area contributed by atoms with E-state index in [0.29, 0.717) is 0 Å². The van der Waals surface area contributed by atoms with Gasteiger partial charge in [0.25, 0.3) is 17.7 Å². The second kappa shape index (κ2) is 16.5. The smallest absolute Gasteiger partial charge is 0.288 e. The van der Waals surface area contributed by atoms with Crippen LogP contribution in [-0.4, -0.2) is 172 Å². The number of aliphatic hydroxyl groups is 8. The number of hydrogen-bond acceptors (Lipinski definition) is 21. The highest BCUT2D eigenvalue weighted by molar-refractivity contribution is 5.95. The molecule has 282 valence electrons. The maximum Gasteiger partial charge on any atom is 0.288 e. The molecule has 0 bridgehead atoms. The molecular formula is C24H37N13O14. The van der Waals surface area contributed by atoms with Gasteiger partial charge in [0.1, 0.15) is 49.1 Å². The third kappa shape index (κ3) is 8.40. The van der Waals surface area contributed by atoms with Crippen LogP contribution in [-0.2, 0) is 14.2 Å². The van der Waals surface area contributed by atoms with Crippen LogP contribution >= 0.6 is 0 Å². The lowest BCUT2D eigenvalue weighted by Gasteiger charge is -2.15. The van der Waals surface area contributed by atoms with Gasteiger partial charge in [-0.05, 0) is 0 Å². The van der Waals surface area contributed by atoms with Crippen molar-refractivity contribution in [1.29, 1.82) is 0 Å². The van der Waals surface area contributed by atoms with Gasteiger partial charge >= 0.3 is 0 Å². The lowest BCUT2D eigenvalue weighted by molar-refractivity contribution is -0.0594. The highest BCUT2D eigenvalue weighted by Crippen LogP contribution is 2.31. The maximum absolute atomic E-state index is 10.9. The van der Waals surface area contributed by atoms with E-state index in [2.05, 4.69) is 30.7 Å². The van der Waals surface area contributed by atoms with Gasteiger partial charge in [-0.3, -0.25) is 14.4 Å². The normalized spacial score (nSPS) is 31.4. The SMILES string of the molecule is NC(=O)c1cn([C@@H]2O[C@H](CO)C(O)[C@@H]2O)nn1.NC(=O)c1ncn([C@@H]2O[C@H](CO)C(O)[C@@H]2O)n1.NC(=O)c1nnn([C@@H]2O[C@H](CO)C[C@@H]2O)c1N. The van der Waals surface area contributed by atoms with Gasteiger partial charge in [-0.2, -0.15) is 4.68 Å². The number of nitrogens with two attached hydrogens (primary N) is 4. The van der Waals surface area contributed by atoms with E-state index in [0.717, 1.165) is 20.4 Å². The highest BCUT2D eigenvalue weighted by Gasteiger charge is 2.45. The van der Waals surface area contributed by atoms with Gasteiger partial charge in [-0.1, -0.05) is 10.4 Å². The summed E-state index contributed by atoms with van der Waals surface area (Å²) in [4.78, 5) is 36.1. The first kappa shape index (κ1) is 39.0. The van der Waals surface area contributed by atoms with Crippen molar-refractivity contribution in [2.75, 3.05) is 25.6 Å². The molecule has 3 amide bonds. The van der Waals surface area contributed by atoms with E-state index in [1.165, 1.54) is 6.20 Å². The van der Waals surface area contributed by atoms with Crippen LogP contribution in [0.4, 0.5) is 5.82 Å². The van der Waals surface area contributed by atoms with Crippen LogP contribution in [0.5, 0.6) is 0 Å². The zero-order chi connectivity index (χ0) is 37.7. The van der Waals surface area contributed by atoms with Crippen molar-refractivity contribution < 1.29 is 69.4 Å². The number of aliphatic hydroxyl groups excluding tert-OH is 8. The van der Waals surface area contributed by atoms with E-state index in [1.54, 1.807) is 0 Å². The molecule has 3 fully saturated rings. The average Bonchev–Trinajstić information content (AvgIpc) is 3.95. The predicted octanol–water partition coefficient (Wildman–Crippen LogP) is -8.42. The van der Waals surface area contributed by atoms with Crippen LogP contribution in [0.25, 0.3) is 0 Å². The Bertz CT molecular complexity index is 1570. The molecule has 3 aromatic heterocycles. The molecule has 0 saturated carbocycles. The summed E-state index contributed by atoms with van der Waals surface area (Å²) in [5, 5.41) is 92.7. The van der Waals surface area contributed by atoms with Gasteiger partial charge in [-0.25, -0.2) is 14.3 Å². The topological polar surface area (TPSA) is 437 Å². The molecule has 27 heteroatoms. The Kier molecular flexibility index (Phi) is 12.6. The number of nitrogens with zero attached hydrogens (tertiary/aromatic N) is 9. The summed E-state index contributed by atoms with van der Waals surface area (Å²) in [5.41, 5.74) is 20.4. The second-order valence-electron chi connectivity index (χ2n) is 11.1. The lowest BCUT2D eigenvalue weighted by atomic mass is 10.1. The van der Waals surface area contributed by atoms with Crippen LogP contribution in [0.15, 0.2) is 12.5 Å². The van der Waals surface area contributed by atoms with Crippen molar-refractivity contribution in [2.45, 2.75) is 73.9 Å².